The molecule has 1 aromatic rings. The van der Waals surface area contributed by atoms with Crippen molar-refractivity contribution in [3.63, 3.8) is 0 Å². The molecule has 0 aliphatic heterocycles. The molecule has 0 atom stereocenters. The van der Waals surface area contributed by atoms with Crippen LogP contribution in [0.25, 0.3) is 0 Å². The van der Waals surface area contributed by atoms with Gasteiger partial charge in [-0.05, 0) is 24.5 Å². The standard InChI is InChI=1S/C15H24ClNO2/c1-3-5-7-18-8-9-19-15-11-13(12-16)10-14(17-15)6-4-2/h10-11H,3-9,12H2,1-2H3. The molecule has 0 bridgehead atoms. The zero-order chi connectivity index (χ0) is 13.9. The summed E-state index contributed by atoms with van der Waals surface area (Å²) in [6, 6.07) is 3.94. The van der Waals surface area contributed by atoms with Gasteiger partial charge in [-0.1, -0.05) is 26.7 Å². The van der Waals surface area contributed by atoms with Crippen molar-refractivity contribution in [2.24, 2.45) is 0 Å². The molecule has 0 spiro atoms. The van der Waals surface area contributed by atoms with Crippen molar-refractivity contribution in [1.29, 1.82) is 0 Å². The van der Waals surface area contributed by atoms with Crippen molar-refractivity contribution < 1.29 is 9.47 Å². The van der Waals surface area contributed by atoms with Gasteiger partial charge in [0, 0.05) is 24.2 Å². The predicted octanol–water partition coefficient (Wildman–Crippen LogP) is 3.97. The van der Waals surface area contributed by atoms with Crippen LogP contribution in [0.15, 0.2) is 12.1 Å². The highest BCUT2D eigenvalue weighted by atomic mass is 35.5. The summed E-state index contributed by atoms with van der Waals surface area (Å²) < 4.78 is 11.1. The van der Waals surface area contributed by atoms with Gasteiger partial charge in [0.2, 0.25) is 5.88 Å². The third kappa shape index (κ3) is 6.79. The fraction of sp³-hybridized carbons (Fsp3) is 0.667. The molecular weight excluding hydrogens is 262 g/mol. The normalized spacial score (nSPS) is 10.7. The highest BCUT2D eigenvalue weighted by molar-refractivity contribution is 6.17. The van der Waals surface area contributed by atoms with Crippen molar-refractivity contribution in [3.05, 3.63) is 23.4 Å². The Morgan fingerprint density at radius 1 is 1.11 bits per heavy atom. The molecule has 19 heavy (non-hydrogen) atoms. The van der Waals surface area contributed by atoms with Crippen LogP contribution >= 0.6 is 11.6 Å². The average Bonchev–Trinajstić information content (AvgIpc) is 2.43. The number of hydrogen-bond donors (Lipinski definition) is 0. The van der Waals surface area contributed by atoms with E-state index in [4.69, 9.17) is 21.1 Å². The van der Waals surface area contributed by atoms with Gasteiger partial charge in [0.15, 0.2) is 0 Å². The number of ether oxygens (including phenoxy) is 2. The Kier molecular flexibility index (Phi) is 8.59. The van der Waals surface area contributed by atoms with Gasteiger partial charge in [-0.15, -0.1) is 11.6 Å². The Morgan fingerprint density at radius 2 is 1.95 bits per heavy atom. The molecule has 0 saturated carbocycles. The molecule has 0 fully saturated rings. The van der Waals surface area contributed by atoms with Crippen LogP contribution in [0, 0.1) is 0 Å². The summed E-state index contributed by atoms with van der Waals surface area (Å²) in [5.41, 5.74) is 2.10. The lowest BCUT2D eigenvalue weighted by atomic mass is 10.2. The lowest BCUT2D eigenvalue weighted by molar-refractivity contribution is 0.0964. The fourth-order valence-corrected chi connectivity index (χ4v) is 1.86. The Hall–Kier alpha value is -0.800. The number of pyridine rings is 1. The Bertz CT molecular complexity index is 358. The maximum atomic E-state index is 5.88. The monoisotopic (exact) mass is 285 g/mol. The first-order valence-electron chi connectivity index (χ1n) is 7.06. The van der Waals surface area contributed by atoms with Gasteiger partial charge in [-0.25, -0.2) is 4.98 Å². The molecule has 0 radical (unpaired) electrons. The van der Waals surface area contributed by atoms with Crippen molar-refractivity contribution in [2.75, 3.05) is 19.8 Å². The Labute approximate surface area is 121 Å². The minimum absolute atomic E-state index is 0.489. The Morgan fingerprint density at radius 3 is 2.63 bits per heavy atom. The number of aromatic nitrogens is 1. The number of hydrogen-bond acceptors (Lipinski definition) is 3. The smallest absolute Gasteiger partial charge is 0.213 e. The lowest BCUT2D eigenvalue weighted by Crippen LogP contribution is -2.09. The molecule has 1 rings (SSSR count). The van der Waals surface area contributed by atoms with Crippen LogP contribution in [0.4, 0.5) is 0 Å². The zero-order valence-electron chi connectivity index (χ0n) is 12.0. The Balaban J connectivity index is 2.41. The first kappa shape index (κ1) is 16.3. The van der Waals surface area contributed by atoms with E-state index < -0.39 is 0 Å². The van der Waals surface area contributed by atoms with Gasteiger partial charge in [-0.2, -0.15) is 0 Å². The fourth-order valence-electron chi connectivity index (χ4n) is 1.71. The summed E-state index contributed by atoms with van der Waals surface area (Å²) in [7, 11) is 0. The molecule has 3 nitrogen and oxygen atoms in total. The van der Waals surface area contributed by atoms with Crippen molar-refractivity contribution in [1.82, 2.24) is 4.98 Å². The van der Waals surface area contributed by atoms with E-state index in [9.17, 15) is 0 Å². The first-order valence-corrected chi connectivity index (χ1v) is 7.60. The van der Waals surface area contributed by atoms with Crippen LogP contribution in [-0.4, -0.2) is 24.8 Å². The number of aryl methyl sites for hydroxylation is 1. The maximum absolute atomic E-state index is 5.88. The lowest BCUT2D eigenvalue weighted by Gasteiger charge is -2.09. The van der Waals surface area contributed by atoms with E-state index in [1.807, 2.05) is 12.1 Å². The van der Waals surface area contributed by atoms with Crippen LogP contribution in [0.2, 0.25) is 0 Å². The van der Waals surface area contributed by atoms with E-state index in [-0.39, 0.29) is 0 Å². The van der Waals surface area contributed by atoms with E-state index in [1.54, 1.807) is 0 Å². The summed E-state index contributed by atoms with van der Waals surface area (Å²) in [6.45, 7) is 6.23. The molecule has 1 aromatic heterocycles. The highest BCUT2D eigenvalue weighted by Crippen LogP contribution is 2.15. The minimum atomic E-state index is 0.489. The molecule has 0 unspecified atom stereocenters. The van der Waals surface area contributed by atoms with Gasteiger partial charge in [0.25, 0.3) is 0 Å². The van der Waals surface area contributed by atoms with Crippen molar-refractivity contribution >= 4 is 11.6 Å². The van der Waals surface area contributed by atoms with Crippen LogP contribution in [0.3, 0.4) is 0 Å². The van der Waals surface area contributed by atoms with E-state index in [2.05, 4.69) is 18.8 Å². The van der Waals surface area contributed by atoms with E-state index in [1.165, 1.54) is 0 Å². The number of nitrogens with zero attached hydrogens (tertiary/aromatic N) is 1. The second-order valence-corrected chi connectivity index (χ2v) is 4.77. The second-order valence-electron chi connectivity index (χ2n) is 4.50. The molecule has 0 aromatic carbocycles. The molecule has 108 valence electrons. The summed E-state index contributed by atoms with van der Waals surface area (Å²) in [5, 5.41) is 0. The van der Waals surface area contributed by atoms with Gasteiger partial charge < -0.3 is 9.47 Å². The molecular formula is C15H24ClNO2. The van der Waals surface area contributed by atoms with Crippen LogP contribution in [0.5, 0.6) is 5.88 Å². The average molecular weight is 286 g/mol. The summed E-state index contributed by atoms with van der Waals surface area (Å²) >= 11 is 5.88. The molecule has 0 aliphatic rings. The largest absolute Gasteiger partial charge is 0.475 e. The summed E-state index contributed by atoms with van der Waals surface area (Å²) in [4.78, 5) is 4.47. The maximum Gasteiger partial charge on any atom is 0.213 e. The van der Waals surface area contributed by atoms with E-state index in [0.29, 0.717) is 25.0 Å². The third-order valence-corrected chi connectivity index (χ3v) is 3.00. The SMILES string of the molecule is CCCCOCCOc1cc(CCl)cc(CCC)n1. The first-order chi connectivity index (χ1) is 9.30. The molecule has 0 amide bonds. The minimum Gasteiger partial charge on any atom is -0.475 e. The van der Waals surface area contributed by atoms with Crippen molar-refractivity contribution in [3.8, 4) is 5.88 Å². The van der Waals surface area contributed by atoms with Gasteiger partial charge in [-0.3, -0.25) is 0 Å². The van der Waals surface area contributed by atoms with Crippen LogP contribution < -0.4 is 4.74 Å². The highest BCUT2D eigenvalue weighted by Gasteiger charge is 2.03. The number of rotatable bonds is 10. The molecule has 0 N–H and O–H groups in total. The van der Waals surface area contributed by atoms with Crippen molar-refractivity contribution in [2.45, 2.75) is 45.4 Å². The summed E-state index contributed by atoms with van der Waals surface area (Å²) in [6.07, 6.45) is 4.27. The predicted molar refractivity (Wildman–Crippen MR) is 79.0 cm³/mol. The summed E-state index contributed by atoms with van der Waals surface area (Å²) in [5.74, 6) is 1.14. The van der Waals surface area contributed by atoms with Gasteiger partial charge >= 0.3 is 0 Å². The second kappa shape index (κ2) is 10.0. The topological polar surface area (TPSA) is 31.4 Å². The third-order valence-electron chi connectivity index (χ3n) is 2.69. The van der Waals surface area contributed by atoms with Gasteiger partial charge in [0.1, 0.15) is 6.61 Å². The molecule has 4 heteroatoms. The number of alkyl halides is 1. The molecule has 0 aliphatic carbocycles. The number of unbranched alkanes of at least 4 members (excludes halogenated alkanes) is 1. The van der Waals surface area contributed by atoms with E-state index >= 15 is 0 Å². The number of halogens is 1. The zero-order valence-corrected chi connectivity index (χ0v) is 12.7. The van der Waals surface area contributed by atoms with E-state index in [0.717, 1.165) is 43.5 Å². The quantitative estimate of drug-likeness (QED) is 0.481. The molecule has 1 heterocycles. The van der Waals surface area contributed by atoms with Crippen LogP contribution in [0.1, 0.15) is 44.4 Å². The van der Waals surface area contributed by atoms with Gasteiger partial charge in [0.05, 0.1) is 6.61 Å². The molecule has 0 saturated heterocycles. The van der Waals surface area contributed by atoms with Crippen LogP contribution in [-0.2, 0) is 17.0 Å².